The Balaban J connectivity index is 1.26. The van der Waals surface area contributed by atoms with Crippen LogP contribution in [0.15, 0.2) is 5.16 Å². The predicted octanol–water partition coefficient (Wildman–Crippen LogP) is 3.53. The van der Waals surface area contributed by atoms with Crippen LogP contribution in [-0.4, -0.2) is 40.0 Å². The van der Waals surface area contributed by atoms with Crippen molar-refractivity contribution in [2.75, 3.05) is 19.0 Å². The standard InChI is InChI=1S/C19H29N3O2S/c1-22-17(19-10-13-7-14(11-19)9-15(8-13)12-19)20-21-18(22)25-6-3-16-23-4-2-5-24-16/h13-16H,2-12H2,1H3. The highest BCUT2D eigenvalue weighted by Gasteiger charge is 2.53. The molecule has 6 rings (SSSR count). The van der Waals surface area contributed by atoms with Gasteiger partial charge in [0.05, 0.1) is 13.2 Å². The quantitative estimate of drug-likeness (QED) is 0.749. The third-order valence-electron chi connectivity index (χ3n) is 6.83. The topological polar surface area (TPSA) is 49.2 Å². The number of aromatic nitrogens is 3. The fourth-order valence-electron chi connectivity index (χ4n) is 6.24. The summed E-state index contributed by atoms with van der Waals surface area (Å²) in [6, 6.07) is 0. The van der Waals surface area contributed by atoms with Crippen molar-refractivity contribution in [1.29, 1.82) is 0 Å². The normalized spacial score (nSPS) is 37.7. The highest BCUT2D eigenvalue weighted by atomic mass is 32.2. The Labute approximate surface area is 154 Å². The van der Waals surface area contributed by atoms with E-state index in [1.807, 2.05) is 0 Å². The van der Waals surface area contributed by atoms with Crippen molar-refractivity contribution in [3.63, 3.8) is 0 Å². The van der Waals surface area contributed by atoms with E-state index in [9.17, 15) is 0 Å². The number of rotatable bonds is 5. The number of ether oxygens (including phenoxy) is 2. The van der Waals surface area contributed by atoms with E-state index in [2.05, 4.69) is 16.7 Å². The lowest BCUT2D eigenvalue weighted by molar-refractivity contribution is -0.178. The van der Waals surface area contributed by atoms with Crippen molar-refractivity contribution in [1.82, 2.24) is 14.8 Å². The monoisotopic (exact) mass is 363 g/mol. The first-order valence-corrected chi connectivity index (χ1v) is 11.0. The van der Waals surface area contributed by atoms with Crippen molar-refractivity contribution in [3.05, 3.63) is 5.82 Å². The molecule has 0 radical (unpaired) electrons. The minimum Gasteiger partial charge on any atom is -0.353 e. The molecule has 5 fully saturated rings. The van der Waals surface area contributed by atoms with Gasteiger partial charge in [-0.15, -0.1) is 10.2 Å². The van der Waals surface area contributed by atoms with Gasteiger partial charge in [-0.2, -0.15) is 0 Å². The fourth-order valence-corrected chi connectivity index (χ4v) is 7.11. The Morgan fingerprint density at radius 3 is 2.32 bits per heavy atom. The molecule has 1 aliphatic heterocycles. The van der Waals surface area contributed by atoms with Crippen molar-refractivity contribution >= 4 is 11.8 Å². The van der Waals surface area contributed by atoms with Gasteiger partial charge in [0.1, 0.15) is 5.82 Å². The minimum absolute atomic E-state index is 0.0305. The largest absolute Gasteiger partial charge is 0.353 e. The van der Waals surface area contributed by atoms with Gasteiger partial charge in [-0.1, -0.05) is 11.8 Å². The van der Waals surface area contributed by atoms with Crippen molar-refractivity contribution in [2.24, 2.45) is 24.8 Å². The minimum atomic E-state index is -0.0305. The van der Waals surface area contributed by atoms with E-state index in [-0.39, 0.29) is 6.29 Å². The number of hydrogen-bond donors (Lipinski definition) is 0. The molecule has 4 bridgehead atoms. The predicted molar refractivity (Wildman–Crippen MR) is 96.5 cm³/mol. The van der Waals surface area contributed by atoms with Crippen molar-refractivity contribution in [3.8, 4) is 0 Å². The molecule has 0 N–H and O–H groups in total. The van der Waals surface area contributed by atoms with E-state index in [1.165, 1.54) is 44.3 Å². The molecule has 6 heteroatoms. The summed E-state index contributed by atoms with van der Waals surface area (Å²) in [6.45, 7) is 1.66. The van der Waals surface area contributed by atoms with Gasteiger partial charge < -0.3 is 14.0 Å². The molecule has 0 aromatic carbocycles. The maximum atomic E-state index is 5.64. The van der Waals surface area contributed by atoms with E-state index in [0.29, 0.717) is 5.41 Å². The highest BCUT2D eigenvalue weighted by Crippen LogP contribution is 2.60. The number of thioether (sulfide) groups is 1. The fraction of sp³-hybridized carbons (Fsp3) is 0.895. The Morgan fingerprint density at radius 1 is 1.04 bits per heavy atom. The van der Waals surface area contributed by atoms with Gasteiger partial charge in [0.25, 0.3) is 0 Å². The first-order chi connectivity index (χ1) is 12.2. The van der Waals surface area contributed by atoms with E-state index in [1.54, 1.807) is 11.8 Å². The maximum absolute atomic E-state index is 5.64. The van der Waals surface area contributed by atoms with E-state index in [4.69, 9.17) is 14.6 Å². The maximum Gasteiger partial charge on any atom is 0.190 e. The third kappa shape index (κ3) is 3.04. The Morgan fingerprint density at radius 2 is 1.68 bits per heavy atom. The van der Waals surface area contributed by atoms with Crippen LogP contribution < -0.4 is 0 Å². The summed E-state index contributed by atoms with van der Waals surface area (Å²) in [5.41, 5.74) is 0.324. The van der Waals surface area contributed by atoms with Gasteiger partial charge in [-0.25, -0.2) is 0 Å². The summed E-state index contributed by atoms with van der Waals surface area (Å²) in [5.74, 6) is 5.07. The Kier molecular flexibility index (Phi) is 4.33. The van der Waals surface area contributed by atoms with Crippen LogP contribution >= 0.6 is 11.8 Å². The van der Waals surface area contributed by atoms with Crippen molar-refractivity contribution in [2.45, 2.75) is 68.2 Å². The van der Waals surface area contributed by atoms with Crippen molar-refractivity contribution < 1.29 is 9.47 Å². The van der Waals surface area contributed by atoms with E-state index in [0.717, 1.165) is 54.7 Å². The molecule has 5 aliphatic rings. The van der Waals surface area contributed by atoms with Gasteiger partial charge in [-0.3, -0.25) is 0 Å². The molecule has 5 nitrogen and oxygen atoms in total. The molecular formula is C19H29N3O2S. The molecule has 138 valence electrons. The van der Waals surface area contributed by atoms with Crippen LogP contribution in [-0.2, 0) is 21.9 Å². The summed E-state index contributed by atoms with van der Waals surface area (Å²) in [6.07, 6.45) is 10.4. The van der Waals surface area contributed by atoms with Crippen LogP contribution in [0.3, 0.4) is 0 Å². The zero-order valence-electron chi connectivity index (χ0n) is 15.2. The van der Waals surface area contributed by atoms with Crippen LogP contribution in [0.1, 0.15) is 57.2 Å². The van der Waals surface area contributed by atoms with Crippen LogP contribution in [0, 0.1) is 17.8 Å². The summed E-state index contributed by atoms with van der Waals surface area (Å²) < 4.78 is 13.6. The second-order valence-electron chi connectivity index (χ2n) is 8.72. The lowest BCUT2D eigenvalue weighted by Crippen LogP contribution is -2.49. The first kappa shape index (κ1) is 16.6. The average Bonchev–Trinajstić information content (AvgIpc) is 2.96. The van der Waals surface area contributed by atoms with Crippen LogP contribution in [0.2, 0.25) is 0 Å². The van der Waals surface area contributed by atoms with Gasteiger partial charge in [0.15, 0.2) is 11.4 Å². The molecule has 4 saturated carbocycles. The highest BCUT2D eigenvalue weighted by molar-refractivity contribution is 7.99. The zero-order valence-corrected chi connectivity index (χ0v) is 16.0. The summed E-state index contributed by atoms with van der Waals surface area (Å²) in [5, 5.41) is 10.3. The molecule has 0 amide bonds. The molecule has 25 heavy (non-hydrogen) atoms. The Hall–Kier alpha value is -0.590. The lowest BCUT2D eigenvalue weighted by Gasteiger charge is -2.56. The molecule has 1 aromatic rings. The number of hydrogen-bond acceptors (Lipinski definition) is 5. The summed E-state index contributed by atoms with van der Waals surface area (Å²) in [4.78, 5) is 0. The summed E-state index contributed by atoms with van der Waals surface area (Å²) >= 11 is 1.79. The van der Waals surface area contributed by atoms with E-state index >= 15 is 0 Å². The van der Waals surface area contributed by atoms with Gasteiger partial charge in [-0.05, 0) is 62.7 Å². The van der Waals surface area contributed by atoms with E-state index < -0.39 is 0 Å². The third-order valence-corrected chi connectivity index (χ3v) is 7.88. The molecule has 4 aliphatic carbocycles. The summed E-state index contributed by atoms with van der Waals surface area (Å²) in [7, 11) is 2.17. The second kappa shape index (κ2) is 6.54. The molecule has 0 atom stereocenters. The van der Waals surface area contributed by atoms with Gasteiger partial charge >= 0.3 is 0 Å². The molecule has 1 saturated heterocycles. The average molecular weight is 364 g/mol. The molecule has 0 spiro atoms. The smallest absolute Gasteiger partial charge is 0.190 e. The number of nitrogens with zero attached hydrogens (tertiary/aromatic N) is 3. The first-order valence-electron chi connectivity index (χ1n) is 9.98. The molecule has 2 heterocycles. The lowest BCUT2D eigenvalue weighted by atomic mass is 9.49. The van der Waals surface area contributed by atoms with Crippen LogP contribution in [0.5, 0.6) is 0 Å². The Bertz CT molecular complexity index is 591. The SMILES string of the molecule is Cn1c(SCCC2OCCCO2)nnc1C12CC3CC(CC(C3)C1)C2. The second-order valence-corrected chi connectivity index (χ2v) is 9.79. The van der Waals surface area contributed by atoms with Crippen LogP contribution in [0.4, 0.5) is 0 Å². The van der Waals surface area contributed by atoms with Gasteiger partial charge in [0.2, 0.25) is 0 Å². The van der Waals surface area contributed by atoms with Crippen LogP contribution in [0.25, 0.3) is 0 Å². The molecular weight excluding hydrogens is 334 g/mol. The van der Waals surface area contributed by atoms with Gasteiger partial charge in [0, 0.05) is 24.6 Å². The molecule has 0 unspecified atom stereocenters. The zero-order chi connectivity index (χ0) is 16.9. The molecule has 1 aromatic heterocycles.